The minimum atomic E-state index is -3.73. The number of hydrogen-bond donors (Lipinski definition) is 1. The van der Waals surface area contributed by atoms with Crippen LogP contribution in [0.3, 0.4) is 0 Å². The zero-order valence-corrected chi connectivity index (χ0v) is 16.1. The first-order valence-corrected chi connectivity index (χ1v) is 11.0. The molecule has 2 heterocycles. The Hall–Kier alpha value is -2.64. The van der Waals surface area contributed by atoms with E-state index in [9.17, 15) is 13.2 Å². The van der Waals surface area contributed by atoms with E-state index in [-0.39, 0.29) is 10.8 Å². The standard InChI is InChI=1S/C20H18N2O3S2/c23-20-8-3-13-22(20)15-9-11-16(12-10-15)27(24,25)21-18-6-2-1-5-17(18)19-7-4-14-26-19/h1-2,4-7,9-12,14,21H,3,8,13H2. The predicted molar refractivity (Wildman–Crippen MR) is 109 cm³/mol. The van der Waals surface area contributed by atoms with Gasteiger partial charge in [-0.1, -0.05) is 24.3 Å². The molecule has 1 N–H and O–H groups in total. The minimum Gasteiger partial charge on any atom is -0.312 e. The molecule has 1 aromatic heterocycles. The van der Waals surface area contributed by atoms with E-state index in [1.165, 1.54) is 12.1 Å². The Morgan fingerprint density at radius 2 is 1.74 bits per heavy atom. The highest BCUT2D eigenvalue weighted by molar-refractivity contribution is 7.92. The van der Waals surface area contributed by atoms with Gasteiger partial charge >= 0.3 is 0 Å². The molecule has 0 bridgehead atoms. The fraction of sp³-hybridized carbons (Fsp3) is 0.150. The van der Waals surface area contributed by atoms with Crippen molar-refractivity contribution >= 4 is 38.6 Å². The number of sulfonamides is 1. The predicted octanol–water partition coefficient (Wildman–Crippen LogP) is 4.34. The number of hydrogen-bond acceptors (Lipinski definition) is 4. The molecule has 3 aromatic rings. The average Bonchev–Trinajstić information content (AvgIpc) is 3.34. The van der Waals surface area contributed by atoms with Crippen LogP contribution in [-0.4, -0.2) is 20.9 Å². The summed E-state index contributed by atoms with van der Waals surface area (Å²) in [4.78, 5) is 14.7. The Bertz CT molecular complexity index is 1060. The summed E-state index contributed by atoms with van der Waals surface area (Å²) in [5, 5.41) is 1.96. The van der Waals surface area contributed by atoms with E-state index >= 15 is 0 Å². The molecule has 4 rings (SSSR count). The van der Waals surface area contributed by atoms with E-state index in [2.05, 4.69) is 4.72 Å². The lowest BCUT2D eigenvalue weighted by atomic mass is 10.1. The molecule has 0 spiro atoms. The summed E-state index contributed by atoms with van der Waals surface area (Å²) in [5.41, 5.74) is 2.12. The van der Waals surface area contributed by atoms with Crippen LogP contribution in [0.1, 0.15) is 12.8 Å². The molecule has 1 amide bonds. The van der Waals surface area contributed by atoms with Gasteiger partial charge in [0.05, 0.1) is 10.6 Å². The summed E-state index contributed by atoms with van der Waals surface area (Å²) in [5.74, 6) is 0.0774. The van der Waals surface area contributed by atoms with Crippen LogP contribution in [0.15, 0.2) is 70.9 Å². The molecule has 7 heteroatoms. The molecule has 5 nitrogen and oxygen atoms in total. The Kier molecular flexibility index (Phi) is 4.72. The number of amides is 1. The summed E-state index contributed by atoms with van der Waals surface area (Å²) in [6, 6.07) is 17.7. The second-order valence-electron chi connectivity index (χ2n) is 6.27. The number of benzene rings is 2. The molecule has 138 valence electrons. The molecule has 0 aliphatic carbocycles. The third-order valence-electron chi connectivity index (χ3n) is 4.49. The van der Waals surface area contributed by atoms with Crippen LogP contribution in [-0.2, 0) is 14.8 Å². The lowest BCUT2D eigenvalue weighted by Gasteiger charge is -2.16. The van der Waals surface area contributed by atoms with Crippen molar-refractivity contribution in [3.8, 4) is 10.4 Å². The van der Waals surface area contributed by atoms with Crippen molar-refractivity contribution in [3.05, 3.63) is 66.0 Å². The SMILES string of the molecule is O=C1CCCN1c1ccc(S(=O)(=O)Nc2ccccc2-c2cccs2)cc1. The van der Waals surface area contributed by atoms with Crippen LogP contribution in [0.25, 0.3) is 10.4 Å². The molecular formula is C20H18N2O3S2. The molecule has 0 saturated carbocycles. The number of rotatable bonds is 5. The molecule has 1 fully saturated rings. The first-order valence-electron chi connectivity index (χ1n) is 8.61. The monoisotopic (exact) mass is 398 g/mol. The third-order valence-corrected chi connectivity index (χ3v) is 6.77. The summed E-state index contributed by atoms with van der Waals surface area (Å²) < 4.78 is 28.4. The Labute approximate surface area is 162 Å². The lowest BCUT2D eigenvalue weighted by Crippen LogP contribution is -2.23. The smallest absolute Gasteiger partial charge is 0.261 e. The van der Waals surface area contributed by atoms with Crippen molar-refractivity contribution in [2.24, 2.45) is 0 Å². The second kappa shape index (κ2) is 7.17. The van der Waals surface area contributed by atoms with Gasteiger partial charge in [-0.05, 0) is 48.2 Å². The van der Waals surface area contributed by atoms with Crippen LogP contribution in [0, 0.1) is 0 Å². The summed E-state index contributed by atoms with van der Waals surface area (Å²) in [6.07, 6.45) is 1.38. The number of carbonyl (C=O) groups excluding carboxylic acids is 1. The van der Waals surface area contributed by atoms with Crippen LogP contribution in [0.4, 0.5) is 11.4 Å². The molecule has 0 unspecified atom stereocenters. The fourth-order valence-corrected chi connectivity index (χ4v) is 4.99. The topological polar surface area (TPSA) is 66.5 Å². The van der Waals surface area contributed by atoms with Crippen molar-refractivity contribution in [1.29, 1.82) is 0 Å². The lowest BCUT2D eigenvalue weighted by molar-refractivity contribution is -0.117. The number of para-hydroxylation sites is 1. The van der Waals surface area contributed by atoms with Crippen molar-refractivity contribution in [1.82, 2.24) is 0 Å². The maximum Gasteiger partial charge on any atom is 0.261 e. The van der Waals surface area contributed by atoms with Crippen molar-refractivity contribution in [2.75, 3.05) is 16.2 Å². The van der Waals surface area contributed by atoms with E-state index in [1.54, 1.807) is 40.5 Å². The highest BCUT2D eigenvalue weighted by Gasteiger charge is 2.23. The van der Waals surface area contributed by atoms with Crippen molar-refractivity contribution in [3.63, 3.8) is 0 Å². The fourth-order valence-electron chi connectivity index (χ4n) is 3.15. The van der Waals surface area contributed by atoms with Crippen LogP contribution in [0.5, 0.6) is 0 Å². The van der Waals surface area contributed by atoms with Gasteiger partial charge in [0.15, 0.2) is 0 Å². The second-order valence-corrected chi connectivity index (χ2v) is 8.90. The molecule has 27 heavy (non-hydrogen) atoms. The maximum atomic E-state index is 12.8. The molecule has 1 aliphatic rings. The van der Waals surface area contributed by atoms with E-state index in [0.717, 1.165) is 22.5 Å². The summed E-state index contributed by atoms with van der Waals surface area (Å²) in [6.45, 7) is 0.678. The minimum absolute atomic E-state index is 0.0774. The Morgan fingerprint density at radius 3 is 2.41 bits per heavy atom. The molecule has 1 aliphatic heterocycles. The largest absolute Gasteiger partial charge is 0.312 e. The van der Waals surface area contributed by atoms with Gasteiger partial charge in [0.2, 0.25) is 5.91 Å². The van der Waals surface area contributed by atoms with Crippen LogP contribution >= 0.6 is 11.3 Å². The number of nitrogens with one attached hydrogen (secondary N) is 1. The van der Waals surface area contributed by atoms with Gasteiger partial charge in [0.25, 0.3) is 10.0 Å². The molecule has 1 saturated heterocycles. The van der Waals surface area contributed by atoms with Gasteiger partial charge in [-0.3, -0.25) is 9.52 Å². The van der Waals surface area contributed by atoms with Gasteiger partial charge in [0, 0.05) is 29.1 Å². The number of nitrogens with zero attached hydrogens (tertiary/aromatic N) is 1. The van der Waals surface area contributed by atoms with E-state index in [1.807, 2.05) is 29.6 Å². The molecular weight excluding hydrogens is 380 g/mol. The highest BCUT2D eigenvalue weighted by atomic mass is 32.2. The Balaban J connectivity index is 1.61. The first-order chi connectivity index (χ1) is 13.0. The Morgan fingerprint density at radius 1 is 0.963 bits per heavy atom. The van der Waals surface area contributed by atoms with E-state index < -0.39 is 10.0 Å². The van der Waals surface area contributed by atoms with Crippen molar-refractivity contribution in [2.45, 2.75) is 17.7 Å². The van der Waals surface area contributed by atoms with E-state index in [0.29, 0.717) is 18.7 Å². The van der Waals surface area contributed by atoms with E-state index in [4.69, 9.17) is 0 Å². The van der Waals surface area contributed by atoms with Crippen molar-refractivity contribution < 1.29 is 13.2 Å². The summed E-state index contributed by atoms with van der Waals surface area (Å²) in [7, 11) is -3.73. The molecule has 0 radical (unpaired) electrons. The van der Waals surface area contributed by atoms with Gasteiger partial charge in [-0.25, -0.2) is 8.42 Å². The zero-order valence-electron chi connectivity index (χ0n) is 14.5. The van der Waals surface area contributed by atoms with Crippen LogP contribution in [0.2, 0.25) is 0 Å². The summed E-state index contributed by atoms with van der Waals surface area (Å²) >= 11 is 1.56. The van der Waals surface area contributed by atoms with Gasteiger partial charge in [-0.15, -0.1) is 11.3 Å². The molecule has 2 aromatic carbocycles. The third kappa shape index (κ3) is 3.61. The first kappa shape index (κ1) is 17.8. The molecule has 0 atom stereocenters. The quantitative estimate of drug-likeness (QED) is 0.695. The number of anilines is 2. The number of carbonyl (C=O) groups is 1. The highest BCUT2D eigenvalue weighted by Crippen LogP contribution is 2.33. The average molecular weight is 399 g/mol. The normalized spacial score (nSPS) is 14.5. The number of thiophene rings is 1. The van der Waals surface area contributed by atoms with Gasteiger partial charge < -0.3 is 4.90 Å². The van der Waals surface area contributed by atoms with Gasteiger partial charge in [0.1, 0.15) is 0 Å². The maximum absolute atomic E-state index is 12.8. The zero-order chi connectivity index (χ0) is 18.9. The van der Waals surface area contributed by atoms with Gasteiger partial charge in [-0.2, -0.15) is 0 Å². The van der Waals surface area contributed by atoms with Crippen LogP contribution < -0.4 is 9.62 Å².